The van der Waals surface area contributed by atoms with Gasteiger partial charge in [0.05, 0.1) is 7.11 Å². The number of methoxy groups -OCH3 is 1. The number of piperazine rings is 1. The molecule has 1 heterocycles. The molecule has 0 amide bonds. The molecule has 1 fully saturated rings. The maximum atomic E-state index is 13.5. The van der Waals surface area contributed by atoms with Crippen LogP contribution in [-0.2, 0) is 4.79 Å². The SMILES string of the molecule is COc1cc([C@H](N2CCNCC2)C(F)(F)F)ccc1OC(C)=O.Cl.Cl. The predicted octanol–water partition coefficient (Wildman–Crippen LogP) is 2.97. The molecule has 0 unspecified atom stereocenters. The summed E-state index contributed by atoms with van der Waals surface area (Å²) in [5.74, 6) is -0.363. The lowest BCUT2D eigenvalue weighted by Crippen LogP contribution is -2.49. The third kappa shape index (κ3) is 6.22. The minimum Gasteiger partial charge on any atom is -0.493 e. The van der Waals surface area contributed by atoms with E-state index in [1.807, 2.05) is 0 Å². The second-order valence-corrected chi connectivity index (χ2v) is 5.23. The molecule has 1 aliphatic heterocycles. The van der Waals surface area contributed by atoms with E-state index < -0.39 is 18.2 Å². The Morgan fingerprint density at radius 2 is 1.80 bits per heavy atom. The lowest BCUT2D eigenvalue weighted by Gasteiger charge is -2.36. The molecule has 1 saturated heterocycles. The average Bonchev–Trinajstić information content (AvgIpc) is 2.48. The summed E-state index contributed by atoms with van der Waals surface area (Å²) >= 11 is 0. The van der Waals surface area contributed by atoms with E-state index >= 15 is 0 Å². The number of ether oxygens (including phenoxy) is 2. The zero-order chi connectivity index (χ0) is 17.0. The van der Waals surface area contributed by atoms with Gasteiger partial charge < -0.3 is 14.8 Å². The van der Waals surface area contributed by atoms with E-state index in [0.717, 1.165) is 0 Å². The van der Waals surface area contributed by atoms with Crippen LogP contribution in [0.2, 0.25) is 0 Å². The van der Waals surface area contributed by atoms with Gasteiger partial charge in [0, 0.05) is 33.1 Å². The normalized spacial score (nSPS) is 16.2. The molecule has 1 aromatic rings. The number of hydrogen-bond donors (Lipinski definition) is 1. The van der Waals surface area contributed by atoms with E-state index in [1.165, 1.54) is 37.1 Å². The first-order valence-corrected chi connectivity index (χ1v) is 7.20. The third-order valence-electron chi connectivity index (χ3n) is 3.58. The number of alkyl halides is 3. The van der Waals surface area contributed by atoms with Crippen LogP contribution in [0.5, 0.6) is 11.5 Å². The Bertz CT molecular complexity index is 567. The molecule has 144 valence electrons. The lowest BCUT2D eigenvalue weighted by atomic mass is 10.0. The summed E-state index contributed by atoms with van der Waals surface area (Å²) in [6.07, 6.45) is -4.41. The smallest absolute Gasteiger partial charge is 0.408 e. The van der Waals surface area contributed by atoms with Crippen LogP contribution in [0, 0.1) is 0 Å². The van der Waals surface area contributed by atoms with E-state index in [-0.39, 0.29) is 41.9 Å². The van der Waals surface area contributed by atoms with Crippen molar-refractivity contribution in [2.24, 2.45) is 0 Å². The number of benzene rings is 1. The van der Waals surface area contributed by atoms with Gasteiger partial charge in [-0.05, 0) is 17.7 Å². The van der Waals surface area contributed by atoms with Gasteiger partial charge in [-0.2, -0.15) is 13.2 Å². The van der Waals surface area contributed by atoms with Crippen LogP contribution >= 0.6 is 24.8 Å². The maximum absolute atomic E-state index is 13.5. The Balaban J connectivity index is 0.00000288. The number of nitrogens with one attached hydrogen (secondary N) is 1. The zero-order valence-corrected chi connectivity index (χ0v) is 15.4. The fourth-order valence-corrected chi connectivity index (χ4v) is 2.64. The lowest BCUT2D eigenvalue weighted by molar-refractivity contribution is -0.187. The molecule has 1 N–H and O–H groups in total. The van der Waals surface area contributed by atoms with Crippen molar-refractivity contribution < 1.29 is 27.4 Å². The van der Waals surface area contributed by atoms with Crippen molar-refractivity contribution >= 4 is 30.8 Å². The number of carbonyl (C=O) groups excluding carboxylic acids is 1. The van der Waals surface area contributed by atoms with Crippen molar-refractivity contribution in [1.82, 2.24) is 10.2 Å². The van der Waals surface area contributed by atoms with Crippen molar-refractivity contribution in [1.29, 1.82) is 0 Å². The predicted molar refractivity (Wildman–Crippen MR) is 92.0 cm³/mol. The molecule has 0 aliphatic carbocycles. The highest BCUT2D eigenvalue weighted by Crippen LogP contribution is 2.40. The molecule has 0 spiro atoms. The van der Waals surface area contributed by atoms with E-state index in [1.54, 1.807) is 0 Å². The summed E-state index contributed by atoms with van der Waals surface area (Å²) in [6.45, 7) is 2.84. The van der Waals surface area contributed by atoms with E-state index in [9.17, 15) is 18.0 Å². The van der Waals surface area contributed by atoms with E-state index in [4.69, 9.17) is 9.47 Å². The van der Waals surface area contributed by atoms with Crippen LogP contribution in [0.1, 0.15) is 18.5 Å². The molecule has 1 aromatic carbocycles. The molecule has 0 aromatic heterocycles. The highest BCUT2D eigenvalue weighted by molar-refractivity contribution is 5.85. The molecular weight excluding hydrogens is 384 g/mol. The molecule has 0 radical (unpaired) electrons. The van der Waals surface area contributed by atoms with Crippen LogP contribution in [0.4, 0.5) is 13.2 Å². The Kier molecular flexibility index (Phi) is 9.57. The van der Waals surface area contributed by atoms with Crippen molar-refractivity contribution in [3.8, 4) is 11.5 Å². The summed E-state index contributed by atoms with van der Waals surface area (Å²) in [5, 5.41) is 3.03. The zero-order valence-electron chi connectivity index (χ0n) is 13.8. The third-order valence-corrected chi connectivity index (χ3v) is 3.58. The quantitative estimate of drug-likeness (QED) is 0.617. The molecule has 1 atom stereocenters. The highest BCUT2D eigenvalue weighted by atomic mass is 35.5. The van der Waals surface area contributed by atoms with Crippen LogP contribution in [0.25, 0.3) is 0 Å². The Hall–Kier alpha value is -1.22. The first kappa shape index (κ1) is 23.8. The van der Waals surface area contributed by atoms with E-state index in [2.05, 4.69) is 5.32 Å². The van der Waals surface area contributed by atoms with Crippen LogP contribution in [0.15, 0.2) is 18.2 Å². The number of hydrogen-bond acceptors (Lipinski definition) is 5. The average molecular weight is 405 g/mol. The van der Waals surface area contributed by atoms with Crippen LogP contribution in [0.3, 0.4) is 0 Å². The number of halogens is 5. The first-order chi connectivity index (χ1) is 10.8. The molecule has 1 aliphatic rings. The molecule has 25 heavy (non-hydrogen) atoms. The fraction of sp³-hybridized carbons (Fsp3) is 0.533. The topological polar surface area (TPSA) is 50.8 Å². The molecule has 0 bridgehead atoms. The molecular formula is C15H21Cl2F3N2O3. The van der Waals surface area contributed by atoms with Gasteiger partial charge >= 0.3 is 12.1 Å². The first-order valence-electron chi connectivity index (χ1n) is 7.20. The van der Waals surface area contributed by atoms with Crippen molar-refractivity contribution in [3.05, 3.63) is 23.8 Å². The standard InChI is InChI=1S/C15H19F3N2O3.2ClH/c1-10(21)23-12-4-3-11(9-13(12)22-2)14(15(16,17)18)20-7-5-19-6-8-20;;/h3-4,9,14,19H,5-8H2,1-2H3;2*1H/t14-;;/m0../s1. The summed E-state index contributed by atoms with van der Waals surface area (Å²) in [6, 6.07) is 2.21. The van der Waals surface area contributed by atoms with Gasteiger partial charge in [0.15, 0.2) is 11.5 Å². The molecule has 5 nitrogen and oxygen atoms in total. The summed E-state index contributed by atoms with van der Waals surface area (Å²) < 4.78 is 50.6. The van der Waals surface area contributed by atoms with Gasteiger partial charge in [-0.25, -0.2) is 0 Å². The second-order valence-electron chi connectivity index (χ2n) is 5.23. The minimum absolute atomic E-state index is 0. The summed E-state index contributed by atoms with van der Waals surface area (Å²) in [5.41, 5.74) is 0.0622. The minimum atomic E-state index is -4.41. The Labute approximate surface area is 156 Å². The van der Waals surface area contributed by atoms with Crippen LogP contribution < -0.4 is 14.8 Å². The summed E-state index contributed by atoms with van der Waals surface area (Å²) in [4.78, 5) is 12.4. The highest BCUT2D eigenvalue weighted by Gasteiger charge is 2.45. The number of esters is 1. The Morgan fingerprint density at radius 3 is 2.28 bits per heavy atom. The van der Waals surface area contributed by atoms with Gasteiger partial charge in [-0.1, -0.05) is 6.07 Å². The van der Waals surface area contributed by atoms with Crippen molar-refractivity contribution in [2.45, 2.75) is 19.1 Å². The maximum Gasteiger partial charge on any atom is 0.408 e. The van der Waals surface area contributed by atoms with Gasteiger partial charge in [-0.3, -0.25) is 9.69 Å². The second kappa shape index (κ2) is 10.1. The van der Waals surface area contributed by atoms with Crippen LogP contribution in [-0.4, -0.2) is 50.3 Å². The van der Waals surface area contributed by atoms with Crippen molar-refractivity contribution in [3.63, 3.8) is 0 Å². The summed E-state index contributed by atoms with van der Waals surface area (Å²) in [7, 11) is 1.32. The van der Waals surface area contributed by atoms with Gasteiger partial charge in [0.25, 0.3) is 0 Å². The van der Waals surface area contributed by atoms with Crippen molar-refractivity contribution in [2.75, 3.05) is 33.3 Å². The monoisotopic (exact) mass is 404 g/mol. The number of nitrogens with zero attached hydrogens (tertiary/aromatic N) is 1. The fourth-order valence-electron chi connectivity index (χ4n) is 2.64. The van der Waals surface area contributed by atoms with E-state index in [0.29, 0.717) is 26.2 Å². The Morgan fingerprint density at radius 1 is 1.20 bits per heavy atom. The van der Waals surface area contributed by atoms with Gasteiger partial charge in [-0.15, -0.1) is 24.8 Å². The molecule has 0 saturated carbocycles. The largest absolute Gasteiger partial charge is 0.493 e. The number of rotatable bonds is 4. The van der Waals surface area contributed by atoms with Gasteiger partial charge in [0.2, 0.25) is 0 Å². The molecule has 10 heteroatoms. The van der Waals surface area contributed by atoms with Gasteiger partial charge in [0.1, 0.15) is 6.04 Å². The molecule has 2 rings (SSSR count). The number of carbonyl (C=O) groups is 1.